The molecule has 0 spiro atoms. The molecule has 1 unspecified atom stereocenters. The lowest BCUT2D eigenvalue weighted by atomic mass is 9.99. The highest BCUT2D eigenvalue weighted by atomic mass is 35.5. The van der Waals surface area contributed by atoms with Crippen LogP contribution in [0, 0.1) is 0 Å². The van der Waals surface area contributed by atoms with E-state index < -0.39 is 0 Å². The van der Waals surface area contributed by atoms with Gasteiger partial charge in [0.1, 0.15) is 0 Å². The summed E-state index contributed by atoms with van der Waals surface area (Å²) in [6, 6.07) is 5.89. The average molecular weight is 374 g/mol. The maximum absolute atomic E-state index is 13.0. The number of rotatable bonds is 2. The van der Waals surface area contributed by atoms with Crippen molar-refractivity contribution in [3.63, 3.8) is 0 Å². The Hall–Kier alpha value is -0.970. The third-order valence-corrected chi connectivity index (χ3v) is 5.10. The van der Waals surface area contributed by atoms with E-state index in [0.717, 1.165) is 49.4 Å². The molecule has 2 aliphatic heterocycles. The Morgan fingerprint density at radius 2 is 1.71 bits per heavy atom. The number of carbonyl (C=O) groups is 1. The lowest BCUT2D eigenvalue weighted by Gasteiger charge is -2.35. The molecule has 1 saturated heterocycles. The first-order valence-corrected chi connectivity index (χ1v) is 8.61. The third-order valence-electron chi connectivity index (χ3n) is 5.10. The van der Waals surface area contributed by atoms with Crippen molar-refractivity contribution in [2.45, 2.75) is 51.5 Å². The molecular weight excluding hydrogens is 345 g/mol. The van der Waals surface area contributed by atoms with E-state index in [2.05, 4.69) is 11.8 Å². The first-order chi connectivity index (χ1) is 10.7. The van der Waals surface area contributed by atoms with Crippen molar-refractivity contribution in [2.24, 2.45) is 0 Å². The normalized spacial score (nSPS) is 19.3. The summed E-state index contributed by atoms with van der Waals surface area (Å²) in [6.45, 7) is 4.97. The fourth-order valence-electron chi connectivity index (χ4n) is 3.74. The molecule has 1 aromatic carbocycles. The van der Waals surface area contributed by atoms with E-state index >= 15 is 0 Å². The molecule has 2 aliphatic rings. The molecule has 3 rings (SSSR count). The summed E-state index contributed by atoms with van der Waals surface area (Å²) in [4.78, 5) is 17.3. The molecule has 2 N–H and O–H groups in total. The Balaban J connectivity index is 0.00000144. The first kappa shape index (κ1) is 21.1. The molecule has 0 aliphatic carbocycles. The SMILES string of the molecule is CC(C(=O)N1CCCc2c(N)cccc21)N1CCCCCC1.Cl.Cl. The summed E-state index contributed by atoms with van der Waals surface area (Å²) in [5.41, 5.74) is 9.08. The number of hydrogen-bond acceptors (Lipinski definition) is 3. The predicted octanol–water partition coefficient (Wildman–Crippen LogP) is 3.66. The smallest absolute Gasteiger partial charge is 0.244 e. The van der Waals surface area contributed by atoms with E-state index in [-0.39, 0.29) is 36.8 Å². The van der Waals surface area contributed by atoms with E-state index in [4.69, 9.17) is 5.73 Å². The molecule has 1 fully saturated rings. The summed E-state index contributed by atoms with van der Waals surface area (Å²) in [5.74, 6) is 0.230. The Morgan fingerprint density at radius 3 is 2.38 bits per heavy atom. The Labute approximate surface area is 157 Å². The molecule has 0 saturated carbocycles. The Morgan fingerprint density at radius 1 is 1.04 bits per heavy atom. The Bertz CT molecular complexity index is 545. The molecule has 1 aromatic rings. The average Bonchev–Trinajstić information content (AvgIpc) is 2.83. The van der Waals surface area contributed by atoms with E-state index in [0.29, 0.717) is 0 Å². The van der Waals surface area contributed by atoms with Gasteiger partial charge in [-0.05, 0) is 63.4 Å². The number of nitrogens with two attached hydrogens (primary N) is 1. The molecule has 2 heterocycles. The summed E-state index contributed by atoms with van der Waals surface area (Å²) in [7, 11) is 0. The molecule has 24 heavy (non-hydrogen) atoms. The van der Waals surface area contributed by atoms with Crippen molar-refractivity contribution in [3.05, 3.63) is 23.8 Å². The van der Waals surface area contributed by atoms with Gasteiger partial charge in [-0.15, -0.1) is 24.8 Å². The van der Waals surface area contributed by atoms with Crippen LogP contribution in [0.15, 0.2) is 18.2 Å². The number of amides is 1. The minimum atomic E-state index is -0.0366. The number of carbonyl (C=O) groups excluding carboxylic acids is 1. The molecule has 6 heteroatoms. The molecule has 0 radical (unpaired) electrons. The van der Waals surface area contributed by atoms with Crippen LogP contribution in [-0.2, 0) is 11.2 Å². The topological polar surface area (TPSA) is 49.6 Å². The molecular formula is C18H29Cl2N3O. The molecule has 136 valence electrons. The van der Waals surface area contributed by atoms with Crippen molar-refractivity contribution in [1.82, 2.24) is 4.90 Å². The zero-order valence-electron chi connectivity index (χ0n) is 14.4. The maximum Gasteiger partial charge on any atom is 0.244 e. The lowest BCUT2D eigenvalue weighted by Crippen LogP contribution is -2.49. The van der Waals surface area contributed by atoms with E-state index in [1.165, 1.54) is 25.7 Å². The van der Waals surface area contributed by atoms with Gasteiger partial charge in [0.2, 0.25) is 5.91 Å². The largest absolute Gasteiger partial charge is 0.398 e. The van der Waals surface area contributed by atoms with Crippen LogP contribution >= 0.6 is 24.8 Å². The number of halogens is 2. The van der Waals surface area contributed by atoms with Gasteiger partial charge < -0.3 is 10.6 Å². The minimum absolute atomic E-state index is 0. The van der Waals surface area contributed by atoms with Crippen LogP contribution in [-0.4, -0.2) is 36.5 Å². The second-order valence-corrected chi connectivity index (χ2v) is 6.56. The highest BCUT2D eigenvalue weighted by Gasteiger charge is 2.30. The van der Waals surface area contributed by atoms with Crippen molar-refractivity contribution in [1.29, 1.82) is 0 Å². The van der Waals surface area contributed by atoms with Gasteiger partial charge >= 0.3 is 0 Å². The summed E-state index contributed by atoms with van der Waals surface area (Å²) in [6.07, 6.45) is 6.98. The van der Waals surface area contributed by atoms with Crippen LogP contribution in [0.5, 0.6) is 0 Å². The molecule has 1 atom stereocenters. The fourth-order valence-corrected chi connectivity index (χ4v) is 3.74. The number of nitrogens with zero attached hydrogens (tertiary/aromatic N) is 2. The second kappa shape index (κ2) is 9.50. The highest BCUT2D eigenvalue weighted by Crippen LogP contribution is 2.32. The van der Waals surface area contributed by atoms with Crippen LogP contribution in [0.3, 0.4) is 0 Å². The van der Waals surface area contributed by atoms with Crippen LogP contribution in [0.4, 0.5) is 11.4 Å². The number of likely N-dealkylation sites (tertiary alicyclic amines) is 1. The minimum Gasteiger partial charge on any atom is -0.398 e. The van der Waals surface area contributed by atoms with Gasteiger partial charge in [0.05, 0.1) is 6.04 Å². The fraction of sp³-hybridized carbons (Fsp3) is 0.611. The van der Waals surface area contributed by atoms with Crippen LogP contribution < -0.4 is 10.6 Å². The monoisotopic (exact) mass is 373 g/mol. The molecule has 1 amide bonds. The van der Waals surface area contributed by atoms with E-state index in [9.17, 15) is 4.79 Å². The van der Waals surface area contributed by atoms with Gasteiger partial charge in [-0.2, -0.15) is 0 Å². The van der Waals surface area contributed by atoms with E-state index in [1.807, 2.05) is 23.1 Å². The zero-order chi connectivity index (χ0) is 15.5. The van der Waals surface area contributed by atoms with Crippen molar-refractivity contribution < 1.29 is 4.79 Å². The molecule has 4 nitrogen and oxygen atoms in total. The highest BCUT2D eigenvalue weighted by molar-refractivity contribution is 5.98. The second-order valence-electron chi connectivity index (χ2n) is 6.56. The zero-order valence-corrected chi connectivity index (χ0v) is 16.0. The molecule has 0 aromatic heterocycles. The lowest BCUT2D eigenvalue weighted by molar-refractivity contribution is -0.123. The van der Waals surface area contributed by atoms with Crippen molar-refractivity contribution in [3.8, 4) is 0 Å². The Kier molecular flexibility index (Phi) is 8.34. The quantitative estimate of drug-likeness (QED) is 0.804. The number of benzene rings is 1. The standard InChI is InChI=1S/C18H27N3O.2ClH/c1-14(20-11-4-2-3-5-12-20)18(22)21-13-7-8-15-16(19)9-6-10-17(15)21;;/h6,9-10,14H,2-5,7-8,11-13,19H2,1H3;2*1H. The van der Waals surface area contributed by atoms with Crippen LogP contribution in [0.25, 0.3) is 0 Å². The third kappa shape index (κ3) is 4.35. The van der Waals surface area contributed by atoms with Gasteiger partial charge in [0.15, 0.2) is 0 Å². The van der Waals surface area contributed by atoms with Crippen molar-refractivity contribution >= 4 is 42.1 Å². The number of nitrogen functional groups attached to an aromatic ring is 1. The van der Waals surface area contributed by atoms with Gasteiger partial charge in [0, 0.05) is 17.9 Å². The summed E-state index contributed by atoms with van der Waals surface area (Å²) >= 11 is 0. The van der Waals surface area contributed by atoms with Crippen molar-refractivity contribution in [2.75, 3.05) is 30.3 Å². The van der Waals surface area contributed by atoms with Gasteiger partial charge in [-0.3, -0.25) is 9.69 Å². The van der Waals surface area contributed by atoms with Gasteiger partial charge in [0.25, 0.3) is 0 Å². The van der Waals surface area contributed by atoms with E-state index in [1.54, 1.807) is 0 Å². The molecule has 0 bridgehead atoms. The summed E-state index contributed by atoms with van der Waals surface area (Å²) < 4.78 is 0. The van der Waals surface area contributed by atoms with Crippen LogP contribution in [0.2, 0.25) is 0 Å². The number of anilines is 2. The number of hydrogen-bond donors (Lipinski definition) is 1. The van der Waals surface area contributed by atoms with Gasteiger partial charge in [-0.25, -0.2) is 0 Å². The van der Waals surface area contributed by atoms with Crippen LogP contribution in [0.1, 0.15) is 44.6 Å². The number of fused-ring (bicyclic) bond motifs is 1. The predicted molar refractivity (Wildman–Crippen MR) is 106 cm³/mol. The first-order valence-electron chi connectivity index (χ1n) is 8.61. The van der Waals surface area contributed by atoms with Gasteiger partial charge in [-0.1, -0.05) is 18.9 Å². The maximum atomic E-state index is 13.0. The summed E-state index contributed by atoms with van der Waals surface area (Å²) in [5, 5.41) is 0.